The van der Waals surface area contributed by atoms with Gasteiger partial charge in [-0.15, -0.1) is 0 Å². The molecule has 3 rings (SSSR count). The molecule has 25 heavy (non-hydrogen) atoms. The van der Waals surface area contributed by atoms with Crippen molar-refractivity contribution in [3.8, 4) is 5.75 Å². The van der Waals surface area contributed by atoms with E-state index in [1.54, 1.807) is 17.0 Å². The van der Waals surface area contributed by atoms with Crippen molar-refractivity contribution in [2.75, 3.05) is 33.2 Å². The van der Waals surface area contributed by atoms with Crippen LogP contribution in [0, 0.1) is 5.82 Å². The maximum absolute atomic E-state index is 12.9. The zero-order chi connectivity index (χ0) is 17.8. The van der Waals surface area contributed by atoms with E-state index in [1.807, 2.05) is 11.9 Å². The van der Waals surface area contributed by atoms with Crippen LogP contribution in [0.3, 0.4) is 0 Å². The first-order valence-electron chi connectivity index (χ1n) is 8.71. The first kappa shape index (κ1) is 17.7. The molecule has 1 aromatic rings. The smallest absolute Gasteiger partial charge is 0.237 e. The van der Waals surface area contributed by atoms with E-state index in [4.69, 9.17) is 4.74 Å². The Morgan fingerprint density at radius 2 is 1.92 bits per heavy atom. The first-order chi connectivity index (χ1) is 12.0. The second-order valence-electron chi connectivity index (χ2n) is 6.64. The maximum Gasteiger partial charge on any atom is 0.237 e. The number of likely N-dealkylation sites (N-methyl/N-ethyl adjacent to an activating group) is 1. The van der Waals surface area contributed by atoms with Crippen molar-refractivity contribution in [2.24, 2.45) is 0 Å². The van der Waals surface area contributed by atoms with Gasteiger partial charge in [0.2, 0.25) is 11.8 Å². The molecule has 2 fully saturated rings. The van der Waals surface area contributed by atoms with E-state index >= 15 is 0 Å². The molecular weight excluding hydrogens is 325 g/mol. The number of carbonyl (C=O) groups excluding carboxylic acids is 2. The fourth-order valence-electron chi connectivity index (χ4n) is 3.30. The standard InChI is InChI=1S/C18H24FN3O3/c1-21-11-8-20-18(24)16(21)12-17(23)22-9-6-15(7-10-22)25-14-4-2-13(19)3-5-14/h2-5,15-16H,6-12H2,1H3,(H,20,24). The van der Waals surface area contributed by atoms with Gasteiger partial charge in [0.1, 0.15) is 17.7 Å². The number of hydrogen-bond acceptors (Lipinski definition) is 4. The van der Waals surface area contributed by atoms with E-state index in [-0.39, 0.29) is 36.2 Å². The summed E-state index contributed by atoms with van der Waals surface area (Å²) >= 11 is 0. The Bertz CT molecular complexity index is 614. The number of halogens is 1. The number of piperidine rings is 1. The number of piperazine rings is 1. The van der Waals surface area contributed by atoms with Gasteiger partial charge in [0.25, 0.3) is 0 Å². The van der Waals surface area contributed by atoms with E-state index < -0.39 is 0 Å². The van der Waals surface area contributed by atoms with Crippen molar-refractivity contribution in [3.63, 3.8) is 0 Å². The molecule has 0 aromatic heterocycles. The molecule has 1 aromatic carbocycles. The molecule has 2 heterocycles. The van der Waals surface area contributed by atoms with Crippen LogP contribution in [-0.2, 0) is 9.59 Å². The molecule has 2 aliphatic heterocycles. The monoisotopic (exact) mass is 349 g/mol. The van der Waals surface area contributed by atoms with Gasteiger partial charge in [-0.1, -0.05) is 0 Å². The van der Waals surface area contributed by atoms with Crippen LogP contribution in [0.15, 0.2) is 24.3 Å². The summed E-state index contributed by atoms with van der Waals surface area (Å²) in [7, 11) is 1.87. The highest BCUT2D eigenvalue weighted by Crippen LogP contribution is 2.20. The van der Waals surface area contributed by atoms with Crippen molar-refractivity contribution in [2.45, 2.75) is 31.4 Å². The molecule has 0 radical (unpaired) electrons. The molecule has 1 unspecified atom stereocenters. The average Bonchev–Trinajstić information content (AvgIpc) is 2.61. The molecule has 2 aliphatic rings. The van der Waals surface area contributed by atoms with Gasteiger partial charge in [-0.2, -0.15) is 0 Å². The molecule has 2 saturated heterocycles. The predicted octanol–water partition coefficient (Wildman–Crippen LogP) is 1.02. The number of carbonyl (C=O) groups is 2. The molecule has 0 bridgehead atoms. The van der Waals surface area contributed by atoms with Crippen LogP contribution in [0.2, 0.25) is 0 Å². The van der Waals surface area contributed by atoms with E-state index in [0.717, 1.165) is 19.4 Å². The molecule has 6 nitrogen and oxygen atoms in total. The van der Waals surface area contributed by atoms with E-state index in [2.05, 4.69) is 5.32 Å². The van der Waals surface area contributed by atoms with Crippen LogP contribution >= 0.6 is 0 Å². The summed E-state index contributed by atoms with van der Waals surface area (Å²) in [6, 6.07) is 5.60. The van der Waals surface area contributed by atoms with Gasteiger partial charge in [0, 0.05) is 39.0 Å². The summed E-state index contributed by atoms with van der Waals surface area (Å²) in [5.74, 6) is 0.293. The third-order valence-corrected chi connectivity index (χ3v) is 4.88. The number of nitrogens with zero attached hydrogens (tertiary/aromatic N) is 2. The van der Waals surface area contributed by atoms with Crippen molar-refractivity contribution < 1.29 is 18.7 Å². The van der Waals surface area contributed by atoms with E-state index in [1.165, 1.54) is 12.1 Å². The number of hydrogen-bond donors (Lipinski definition) is 1. The Labute approximate surface area is 146 Å². The maximum atomic E-state index is 12.9. The molecule has 7 heteroatoms. The van der Waals surface area contributed by atoms with Gasteiger partial charge in [0.15, 0.2) is 0 Å². The summed E-state index contributed by atoms with van der Waals surface area (Å²) < 4.78 is 18.8. The van der Waals surface area contributed by atoms with E-state index in [9.17, 15) is 14.0 Å². The van der Waals surface area contributed by atoms with Crippen LogP contribution in [0.5, 0.6) is 5.75 Å². The minimum Gasteiger partial charge on any atom is -0.490 e. The number of ether oxygens (including phenoxy) is 1. The normalized spacial score (nSPS) is 22.6. The topological polar surface area (TPSA) is 61.9 Å². The lowest BCUT2D eigenvalue weighted by atomic mass is 10.0. The summed E-state index contributed by atoms with van der Waals surface area (Å²) in [6.45, 7) is 2.62. The zero-order valence-electron chi connectivity index (χ0n) is 14.4. The number of rotatable bonds is 4. The second-order valence-corrected chi connectivity index (χ2v) is 6.64. The Morgan fingerprint density at radius 1 is 1.24 bits per heavy atom. The summed E-state index contributed by atoms with van der Waals surface area (Å²) in [5, 5.41) is 2.81. The van der Waals surface area contributed by atoms with Crippen molar-refractivity contribution in [3.05, 3.63) is 30.1 Å². The lowest BCUT2D eigenvalue weighted by Gasteiger charge is -2.35. The minimum atomic E-state index is -0.380. The molecule has 1 N–H and O–H groups in total. The molecule has 0 aliphatic carbocycles. The largest absolute Gasteiger partial charge is 0.490 e. The van der Waals surface area contributed by atoms with Gasteiger partial charge in [-0.05, 0) is 31.3 Å². The molecule has 1 atom stereocenters. The van der Waals surface area contributed by atoms with E-state index in [0.29, 0.717) is 25.4 Å². The van der Waals surface area contributed by atoms with Crippen LogP contribution < -0.4 is 10.1 Å². The molecule has 2 amide bonds. The van der Waals surface area contributed by atoms with Gasteiger partial charge in [-0.25, -0.2) is 4.39 Å². The van der Waals surface area contributed by atoms with Crippen molar-refractivity contribution in [1.29, 1.82) is 0 Å². The highest BCUT2D eigenvalue weighted by molar-refractivity contribution is 5.88. The fourth-order valence-corrected chi connectivity index (χ4v) is 3.30. The third-order valence-electron chi connectivity index (χ3n) is 4.88. The SMILES string of the molecule is CN1CCNC(=O)C1CC(=O)N1CCC(Oc2ccc(F)cc2)CC1. The zero-order valence-corrected chi connectivity index (χ0v) is 14.4. The van der Waals surface area contributed by atoms with Gasteiger partial charge >= 0.3 is 0 Å². The van der Waals surface area contributed by atoms with Crippen molar-refractivity contribution >= 4 is 11.8 Å². The Morgan fingerprint density at radius 3 is 2.56 bits per heavy atom. The van der Waals surface area contributed by atoms with Crippen LogP contribution in [0.1, 0.15) is 19.3 Å². The second kappa shape index (κ2) is 7.82. The number of nitrogens with one attached hydrogen (secondary N) is 1. The Kier molecular flexibility index (Phi) is 5.53. The summed E-state index contributed by atoms with van der Waals surface area (Å²) in [6.07, 6.45) is 1.70. The number of amides is 2. The lowest BCUT2D eigenvalue weighted by Crippen LogP contribution is -2.55. The quantitative estimate of drug-likeness (QED) is 0.882. The average molecular weight is 349 g/mol. The minimum absolute atomic E-state index is 0.00846. The fraction of sp³-hybridized carbons (Fsp3) is 0.556. The van der Waals surface area contributed by atoms with Crippen LogP contribution in [-0.4, -0.2) is 67.0 Å². The molecular formula is C18H24FN3O3. The van der Waals surface area contributed by atoms with Crippen molar-refractivity contribution in [1.82, 2.24) is 15.1 Å². The summed E-state index contributed by atoms with van der Waals surface area (Å²) in [5.41, 5.74) is 0. The van der Waals surface area contributed by atoms with Gasteiger partial charge in [-0.3, -0.25) is 14.5 Å². The Hall–Kier alpha value is -2.15. The van der Waals surface area contributed by atoms with Gasteiger partial charge in [0.05, 0.1) is 12.5 Å². The predicted molar refractivity (Wildman–Crippen MR) is 90.7 cm³/mol. The summed E-state index contributed by atoms with van der Waals surface area (Å²) in [4.78, 5) is 28.2. The first-order valence-corrected chi connectivity index (χ1v) is 8.71. The highest BCUT2D eigenvalue weighted by Gasteiger charge is 2.32. The third kappa shape index (κ3) is 4.48. The highest BCUT2D eigenvalue weighted by atomic mass is 19.1. The van der Waals surface area contributed by atoms with Crippen LogP contribution in [0.25, 0.3) is 0 Å². The Balaban J connectivity index is 1.47. The molecule has 136 valence electrons. The molecule has 0 saturated carbocycles. The van der Waals surface area contributed by atoms with Crippen LogP contribution in [0.4, 0.5) is 4.39 Å². The van der Waals surface area contributed by atoms with Gasteiger partial charge < -0.3 is 15.0 Å². The molecule has 0 spiro atoms. The lowest BCUT2D eigenvalue weighted by molar-refractivity contribution is -0.139. The number of benzene rings is 1. The number of likely N-dealkylation sites (tertiary alicyclic amines) is 1.